The van der Waals surface area contributed by atoms with Crippen molar-refractivity contribution in [3.05, 3.63) is 35.4 Å². The average Bonchev–Trinajstić information content (AvgIpc) is 2.28. The molecule has 0 bridgehead atoms. The molecule has 1 aromatic rings. The largest absolute Gasteiger partial charge is 0.348 e. The topological polar surface area (TPSA) is 55.1 Å². The second-order valence-corrected chi connectivity index (χ2v) is 4.10. The fraction of sp³-hybridized carbons (Fsp3) is 0.462. The molecule has 1 amide bonds. The Kier molecular flexibility index (Phi) is 4.50. The molecular weight excluding hydrogens is 200 g/mol. The van der Waals surface area contributed by atoms with E-state index < -0.39 is 6.04 Å². The molecule has 0 saturated heterocycles. The van der Waals surface area contributed by atoms with E-state index in [9.17, 15) is 4.79 Å². The van der Waals surface area contributed by atoms with Crippen molar-refractivity contribution < 1.29 is 4.79 Å². The lowest BCUT2D eigenvalue weighted by molar-refractivity contribution is -0.123. The fourth-order valence-electron chi connectivity index (χ4n) is 1.66. The molecule has 1 unspecified atom stereocenters. The smallest absolute Gasteiger partial charge is 0.237 e. The number of hydrogen-bond acceptors (Lipinski definition) is 2. The summed E-state index contributed by atoms with van der Waals surface area (Å²) >= 11 is 0. The van der Waals surface area contributed by atoms with Gasteiger partial charge in [-0.05, 0) is 31.4 Å². The first-order valence-electron chi connectivity index (χ1n) is 5.67. The fourth-order valence-corrected chi connectivity index (χ4v) is 1.66. The Morgan fingerprint density at radius 3 is 2.62 bits per heavy atom. The summed E-state index contributed by atoms with van der Waals surface area (Å²) in [6.45, 7) is 5.92. The highest BCUT2D eigenvalue weighted by molar-refractivity contribution is 5.81. The van der Waals surface area contributed by atoms with Crippen LogP contribution in [0.4, 0.5) is 0 Å². The maximum atomic E-state index is 11.6. The van der Waals surface area contributed by atoms with Gasteiger partial charge in [-0.1, -0.05) is 31.2 Å². The van der Waals surface area contributed by atoms with Crippen LogP contribution < -0.4 is 11.1 Å². The molecule has 0 aromatic heterocycles. The van der Waals surface area contributed by atoms with Crippen molar-refractivity contribution in [1.82, 2.24) is 5.32 Å². The highest BCUT2D eigenvalue weighted by atomic mass is 16.2. The zero-order chi connectivity index (χ0) is 12.1. The van der Waals surface area contributed by atoms with Crippen molar-refractivity contribution in [3.8, 4) is 0 Å². The lowest BCUT2D eigenvalue weighted by Crippen LogP contribution is -2.41. The molecular formula is C13H20N2O. The van der Waals surface area contributed by atoms with Crippen LogP contribution in [0, 0.1) is 6.92 Å². The van der Waals surface area contributed by atoms with Crippen LogP contribution in [0.5, 0.6) is 0 Å². The van der Waals surface area contributed by atoms with E-state index in [4.69, 9.17) is 5.73 Å². The number of rotatable bonds is 4. The van der Waals surface area contributed by atoms with Gasteiger partial charge in [-0.3, -0.25) is 4.79 Å². The maximum Gasteiger partial charge on any atom is 0.237 e. The Balaban J connectivity index is 2.69. The Labute approximate surface area is 97.0 Å². The summed E-state index contributed by atoms with van der Waals surface area (Å²) < 4.78 is 0. The van der Waals surface area contributed by atoms with Crippen molar-refractivity contribution in [2.75, 3.05) is 0 Å². The van der Waals surface area contributed by atoms with Crippen LogP contribution in [-0.4, -0.2) is 11.9 Å². The first kappa shape index (κ1) is 12.7. The van der Waals surface area contributed by atoms with Crippen molar-refractivity contribution in [1.29, 1.82) is 0 Å². The predicted molar refractivity (Wildman–Crippen MR) is 66.0 cm³/mol. The molecule has 0 spiro atoms. The van der Waals surface area contributed by atoms with E-state index >= 15 is 0 Å². The number of carbonyl (C=O) groups excluding carboxylic acids is 1. The molecule has 0 aliphatic rings. The molecule has 1 rings (SSSR count). The summed E-state index contributed by atoms with van der Waals surface area (Å²) in [5, 5.41) is 2.92. The van der Waals surface area contributed by atoms with Crippen LogP contribution in [0.2, 0.25) is 0 Å². The van der Waals surface area contributed by atoms with E-state index in [0.717, 1.165) is 5.56 Å². The lowest BCUT2D eigenvalue weighted by atomic mass is 10.0. The number of hydrogen-bond donors (Lipinski definition) is 2. The summed E-state index contributed by atoms with van der Waals surface area (Å²) in [5.74, 6) is -0.0850. The Hall–Kier alpha value is -1.35. The Morgan fingerprint density at radius 1 is 1.44 bits per heavy atom. The standard InChI is InChI=1S/C13H20N2O/c1-4-12(14)13(16)15-10(3)11-8-6-5-7-9(11)2/h5-8,10,12H,4,14H2,1-3H3,(H,15,16)/t10?,12-/m1/s1. The number of amides is 1. The summed E-state index contributed by atoms with van der Waals surface area (Å²) in [6.07, 6.45) is 0.659. The Morgan fingerprint density at radius 2 is 2.06 bits per heavy atom. The van der Waals surface area contributed by atoms with Crippen molar-refractivity contribution >= 4 is 5.91 Å². The van der Waals surface area contributed by atoms with Crippen LogP contribution in [0.3, 0.4) is 0 Å². The molecule has 3 nitrogen and oxygen atoms in total. The third-order valence-electron chi connectivity index (χ3n) is 2.79. The molecule has 88 valence electrons. The SMILES string of the molecule is CC[C@@H](N)C(=O)NC(C)c1ccccc1C. The van der Waals surface area contributed by atoms with Gasteiger partial charge in [0, 0.05) is 0 Å². The Bertz CT molecular complexity index is 363. The molecule has 0 fully saturated rings. The van der Waals surface area contributed by atoms with Gasteiger partial charge in [0.2, 0.25) is 5.91 Å². The highest BCUT2D eigenvalue weighted by Crippen LogP contribution is 2.16. The molecule has 1 aromatic carbocycles. The maximum absolute atomic E-state index is 11.6. The molecule has 0 aliphatic heterocycles. The van der Waals surface area contributed by atoms with Crippen LogP contribution in [-0.2, 0) is 4.79 Å². The van der Waals surface area contributed by atoms with Crippen LogP contribution in [0.15, 0.2) is 24.3 Å². The summed E-state index contributed by atoms with van der Waals surface area (Å²) in [7, 11) is 0. The first-order chi connectivity index (χ1) is 7.56. The van der Waals surface area contributed by atoms with Crippen LogP contribution >= 0.6 is 0 Å². The van der Waals surface area contributed by atoms with Gasteiger partial charge in [0.25, 0.3) is 0 Å². The van der Waals surface area contributed by atoms with Gasteiger partial charge in [0.15, 0.2) is 0 Å². The zero-order valence-corrected chi connectivity index (χ0v) is 10.2. The lowest BCUT2D eigenvalue weighted by Gasteiger charge is -2.18. The van der Waals surface area contributed by atoms with Gasteiger partial charge in [0.1, 0.15) is 0 Å². The van der Waals surface area contributed by atoms with Crippen molar-refractivity contribution in [2.45, 2.75) is 39.3 Å². The van der Waals surface area contributed by atoms with Crippen LogP contribution in [0.25, 0.3) is 0 Å². The van der Waals surface area contributed by atoms with Crippen molar-refractivity contribution in [2.24, 2.45) is 5.73 Å². The number of nitrogens with two attached hydrogens (primary N) is 1. The molecule has 0 aliphatic carbocycles. The molecule has 3 heteroatoms. The molecule has 0 saturated carbocycles. The van der Waals surface area contributed by atoms with E-state index in [1.165, 1.54) is 5.56 Å². The van der Waals surface area contributed by atoms with Crippen molar-refractivity contribution in [3.63, 3.8) is 0 Å². The quantitative estimate of drug-likeness (QED) is 0.814. The van der Waals surface area contributed by atoms with Gasteiger partial charge in [0.05, 0.1) is 12.1 Å². The number of benzene rings is 1. The van der Waals surface area contributed by atoms with E-state index in [-0.39, 0.29) is 11.9 Å². The van der Waals surface area contributed by atoms with Gasteiger partial charge < -0.3 is 11.1 Å². The van der Waals surface area contributed by atoms with Gasteiger partial charge in [-0.2, -0.15) is 0 Å². The van der Waals surface area contributed by atoms with Gasteiger partial charge >= 0.3 is 0 Å². The van der Waals surface area contributed by atoms with Gasteiger partial charge in [-0.15, -0.1) is 0 Å². The minimum Gasteiger partial charge on any atom is -0.348 e. The second kappa shape index (κ2) is 5.66. The summed E-state index contributed by atoms with van der Waals surface area (Å²) in [6, 6.07) is 7.63. The minimum atomic E-state index is -0.411. The first-order valence-corrected chi connectivity index (χ1v) is 5.67. The van der Waals surface area contributed by atoms with Crippen LogP contribution in [0.1, 0.15) is 37.4 Å². The van der Waals surface area contributed by atoms with Gasteiger partial charge in [-0.25, -0.2) is 0 Å². The molecule has 2 atom stereocenters. The van der Waals surface area contributed by atoms with E-state index in [1.54, 1.807) is 0 Å². The number of aryl methyl sites for hydroxylation is 1. The molecule has 3 N–H and O–H groups in total. The third-order valence-corrected chi connectivity index (χ3v) is 2.79. The summed E-state index contributed by atoms with van der Waals surface area (Å²) in [5.41, 5.74) is 7.99. The zero-order valence-electron chi connectivity index (χ0n) is 10.2. The second-order valence-electron chi connectivity index (χ2n) is 4.10. The highest BCUT2D eigenvalue weighted by Gasteiger charge is 2.15. The third kappa shape index (κ3) is 3.07. The average molecular weight is 220 g/mol. The predicted octanol–water partition coefficient (Wildman–Crippen LogP) is 1.91. The number of carbonyl (C=O) groups is 1. The normalized spacial score (nSPS) is 14.2. The molecule has 16 heavy (non-hydrogen) atoms. The monoisotopic (exact) mass is 220 g/mol. The molecule has 0 heterocycles. The number of nitrogens with one attached hydrogen (secondary N) is 1. The molecule has 0 radical (unpaired) electrons. The van der Waals surface area contributed by atoms with E-state index in [1.807, 2.05) is 45.0 Å². The van der Waals surface area contributed by atoms with E-state index in [0.29, 0.717) is 6.42 Å². The summed E-state index contributed by atoms with van der Waals surface area (Å²) in [4.78, 5) is 11.6. The minimum absolute atomic E-state index is 0.00583. The van der Waals surface area contributed by atoms with E-state index in [2.05, 4.69) is 5.32 Å².